The Morgan fingerprint density at radius 3 is 2.90 bits per heavy atom. The molecule has 1 aromatic rings. The van der Waals surface area contributed by atoms with Crippen molar-refractivity contribution in [1.29, 1.82) is 0 Å². The maximum absolute atomic E-state index is 12.5. The topological polar surface area (TPSA) is 46.3 Å². The highest BCUT2D eigenvalue weighted by atomic mass is 16.2. The summed E-state index contributed by atoms with van der Waals surface area (Å²) >= 11 is 0. The minimum atomic E-state index is 0.173. The van der Waals surface area contributed by atoms with Crippen LogP contribution in [0.1, 0.15) is 36.5 Å². The summed E-state index contributed by atoms with van der Waals surface area (Å²) < 4.78 is 0. The van der Waals surface area contributed by atoms with Crippen LogP contribution in [0.5, 0.6) is 0 Å². The van der Waals surface area contributed by atoms with Gasteiger partial charge in [-0.15, -0.1) is 0 Å². The monoisotopic (exact) mass is 274 g/mol. The van der Waals surface area contributed by atoms with Crippen LogP contribution in [0.4, 0.5) is 0 Å². The summed E-state index contributed by atoms with van der Waals surface area (Å²) in [5, 5.41) is 0. The molecule has 1 heterocycles. The van der Waals surface area contributed by atoms with Gasteiger partial charge in [0.15, 0.2) is 0 Å². The van der Waals surface area contributed by atoms with Crippen molar-refractivity contribution in [3.8, 4) is 0 Å². The number of amides is 1. The molecule has 2 atom stereocenters. The summed E-state index contributed by atoms with van der Waals surface area (Å²) in [6.45, 7) is 7.89. The molecule has 2 N–H and O–H groups in total. The molecule has 2 rings (SSSR count). The fourth-order valence-corrected chi connectivity index (χ4v) is 2.93. The van der Waals surface area contributed by atoms with Crippen LogP contribution in [-0.4, -0.2) is 29.9 Å². The lowest BCUT2D eigenvalue weighted by molar-refractivity contribution is -0.132. The molecule has 0 saturated carbocycles. The van der Waals surface area contributed by atoms with Crippen molar-refractivity contribution < 1.29 is 4.79 Å². The predicted molar refractivity (Wildman–Crippen MR) is 82.6 cm³/mol. The van der Waals surface area contributed by atoms with E-state index in [0.717, 1.165) is 31.5 Å². The van der Waals surface area contributed by atoms with Gasteiger partial charge in [-0.1, -0.05) is 23.8 Å². The minimum absolute atomic E-state index is 0.173. The molecule has 0 unspecified atom stereocenters. The number of benzene rings is 1. The first-order valence-corrected chi connectivity index (χ1v) is 7.57. The normalized spacial score (nSPS) is 20.8. The van der Waals surface area contributed by atoms with Crippen LogP contribution in [0.25, 0.3) is 0 Å². The summed E-state index contributed by atoms with van der Waals surface area (Å²) in [6.07, 6.45) is 2.73. The van der Waals surface area contributed by atoms with Crippen molar-refractivity contribution in [1.82, 2.24) is 4.90 Å². The molecule has 20 heavy (non-hydrogen) atoms. The Hall–Kier alpha value is -1.35. The molecule has 1 fully saturated rings. The number of nitrogens with two attached hydrogens (primary N) is 1. The van der Waals surface area contributed by atoms with Crippen LogP contribution in [-0.2, 0) is 11.2 Å². The summed E-state index contributed by atoms with van der Waals surface area (Å²) in [6, 6.07) is 6.49. The lowest BCUT2D eigenvalue weighted by Crippen LogP contribution is -2.45. The zero-order valence-electron chi connectivity index (χ0n) is 12.9. The van der Waals surface area contributed by atoms with Crippen molar-refractivity contribution in [2.24, 2.45) is 11.7 Å². The van der Waals surface area contributed by atoms with E-state index in [1.807, 2.05) is 11.8 Å². The Morgan fingerprint density at radius 1 is 1.45 bits per heavy atom. The molecular weight excluding hydrogens is 248 g/mol. The molecule has 1 amide bonds. The van der Waals surface area contributed by atoms with E-state index in [1.165, 1.54) is 11.1 Å². The molecule has 3 nitrogen and oxygen atoms in total. The van der Waals surface area contributed by atoms with Crippen LogP contribution in [0, 0.1) is 19.8 Å². The van der Waals surface area contributed by atoms with Gasteiger partial charge in [0.2, 0.25) is 5.91 Å². The Kier molecular flexibility index (Phi) is 4.81. The van der Waals surface area contributed by atoms with Crippen molar-refractivity contribution in [3.05, 3.63) is 34.9 Å². The number of carbonyl (C=O) groups excluding carboxylic acids is 1. The first kappa shape index (κ1) is 15.0. The lowest BCUT2D eigenvalue weighted by atomic mass is 9.91. The average Bonchev–Trinajstić information content (AvgIpc) is 2.43. The zero-order chi connectivity index (χ0) is 14.7. The van der Waals surface area contributed by atoms with E-state index >= 15 is 0 Å². The zero-order valence-corrected chi connectivity index (χ0v) is 12.9. The van der Waals surface area contributed by atoms with Crippen molar-refractivity contribution in [2.45, 2.75) is 46.1 Å². The number of likely N-dealkylation sites (tertiary alicyclic amines) is 1. The lowest BCUT2D eigenvalue weighted by Gasteiger charge is -2.34. The summed E-state index contributed by atoms with van der Waals surface area (Å²) in [4.78, 5) is 14.5. The molecule has 0 radical (unpaired) electrons. The number of carbonyl (C=O) groups is 1. The fourth-order valence-electron chi connectivity index (χ4n) is 2.93. The smallest absolute Gasteiger partial charge is 0.227 e. The summed E-state index contributed by atoms with van der Waals surface area (Å²) in [5.41, 5.74) is 9.55. The van der Waals surface area contributed by atoms with Crippen molar-refractivity contribution in [3.63, 3.8) is 0 Å². The molecule has 0 aliphatic carbocycles. The summed E-state index contributed by atoms with van der Waals surface area (Å²) in [7, 11) is 0. The molecule has 1 saturated heterocycles. The van der Waals surface area contributed by atoms with Gasteiger partial charge >= 0.3 is 0 Å². The van der Waals surface area contributed by atoms with Gasteiger partial charge in [0.05, 0.1) is 6.42 Å². The highest BCUT2D eigenvalue weighted by Crippen LogP contribution is 2.20. The standard InChI is InChI=1S/C17H26N2O/c1-12-6-7-13(2)16(9-12)10-17(20)19-8-4-5-15(11-19)14(3)18/h6-7,9,14-15H,4-5,8,10-11,18H2,1-3H3/t14-,15-/m0/s1. The second-order valence-electron chi connectivity index (χ2n) is 6.21. The van der Waals surface area contributed by atoms with Crippen molar-refractivity contribution >= 4 is 5.91 Å². The number of aryl methyl sites for hydroxylation is 2. The van der Waals surface area contributed by atoms with E-state index in [4.69, 9.17) is 5.73 Å². The Balaban J connectivity index is 2.02. The van der Waals surface area contributed by atoms with E-state index in [9.17, 15) is 4.79 Å². The summed E-state index contributed by atoms with van der Waals surface area (Å²) in [5.74, 6) is 0.690. The van der Waals surface area contributed by atoms with Crippen LogP contribution in [0.3, 0.4) is 0 Å². The molecule has 110 valence electrons. The highest BCUT2D eigenvalue weighted by molar-refractivity contribution is 5.79. The number of hydrogen-bond acceptors (Lipinski definition) is 2. The molecule has 0 bridgehead atoms. The Labute approximate surface area is 122 Å². The van der Waals surface area contributed by atoms with Crippen molar-refractivity contribution in [2.75, 3.05) is 13.1 Å². The Bertz CT molecular complexity index is 482. The van der Waals surface area contributed by atoms with E-state index in [2.05, 4.69) is 32.0 Å². The molecule has 0 aromatic heterocycles. The highest BCUT2D eigenvalue weighted by Gasteiger charge is 2.25. The van der Waals surface area contributed by atoms with Gasteiger partial charge in [-0.05, 0) is 50.7 Å². The first-order valence-electron chi connectivity index (χ1n) is 7.57. The second-order valence-corrected chi connectivity index (χ2v) is 6.21. The SMILES string of the molecule is Cc1ccc(C)c(CC(=O)N2CCC[C@H]([C@H](C)N)C2)c1. The van der Waals surface area contributed by atoms with Gasteiger partial charge in [-0.3, -0.25) is 4.79 Å². The quantitative estimate of drug-likeness (QED) is 0.920. The maximum Gasteiger partial charge on any atom is 0.227 e. The molecule has 1 aliphatic heterocycles. The van der Waals surface area contributed by atoms with E-state index < -0.39 is 0 Å². The Morgan fingerprint density at radius 2 is 2.20 bits per heavy atom. The van der Waals surface area contributed by atoms with E-state index in [1.54, 1.807) is 0 Å². The van der Waals surface area contributed by atoms with Gasteiger partial charge in [0, 0.05) is 19.1 Å². The maximum atomic E-state index is 12.5. The van der Waals surface area contributed by atoms with Gasteiger partial charge in [-0.25, -0.2) is 0 Å². The van der Waals surface area contributed by atoms with Crippen LogP contribution in [0.15, 0.2) is 18.2 Å². The number of piperidine rings is 1. The number of nitrogens with zero attached hydrogens (tertiary/aromatic N) is 1. The van der Waals surface area contributed by atoms with Crippen LogP contribution >= 0.6 is 0 Å². The second kappa shape index (κ2) is 6.40. The molecule has 0 spiro atoms. The minimum Gasteiger partial charge on any atom is -0.342 e. The largest absolute Gasteiger partial charge is 0.342 e. The molecular formula is C17H26N2O. The van der Waals surface area contributed by atoms with E-state index in [-0.39, 0.29) is 11.9 Å². The van der Waals surface area contributed by atoms with Gasteiger partial charge in [0.1, 0.15) is 0 Å². The number of rotatable bonds is 3. The third-order valence-corrected chi connectivity index (χ3v) is 4.40. The first-order chi connectivity index (χ1) is 9.47. The molecule has 3 heteroatoms. The van der Waals surface area contributed by atoms with Gasteiger partial charge in [0.25, 0.3) is 0 Å². The number of hydrogen-bond donors (Lipinski definition) is 1. The van der Waals surface area contributed by atoms with Crippen LogP contribution in [0.2, 0.25) is 0 Å². The van der Waals surface area contributed by atoms with Gasteiger partial charge < -0.3 is 10.6 Å². The fraction of sp³-hybridized carbons (Fsp3) is 0.588. The predicted octanol–water partition coefficient (Wildman–Crippen LogP) is 2.43. The third-order valence-electron chi connectivity index (χ3n) is 4.40. The molecule has 1 aromatic carbocycles. The molecule has 1 aliphatic rings. The third kappa shape index (κ3) is 3.60. The average molecular weight is 274 g/mol. The van der Waals surface area contributed by atoms with Crippen LogP contribution < -0.4 is 5.73 Å². The van der Waals surface area contributed by atoms with E-state index in [0.29, 0.717) is 12.3 Å². The van der Waals surface area contributed by atoms with Gasteiger partial charge in [-0.2, -0.15) is 0 Å².